The second-order valence-corrected chi connectivity index (χ2v) is 5.02. The van der Waals surface area contributed by atoms with Crippen molar-refractivity contribution in [2.75, 3.05) is 0 Å². The molecule has 3 nitrogen and oxygen atoms in total. The predicted molar refractivity (Wildman–Crippen MR) is 82.3 cm³/mol. The van der Waals surface area contributed by atoms with E-state index in [4.69, 9.17) is 12.2 Å². The number of nitrogens with one attached hydrogen (secondary N) is 1. The molecule has 0 aliphatic heterocycles. The lowest BCUT2D eigenvalue weighted by atomic mass is 10.1. The van der Waals surface area contributed by atoms with E-state index in [0.29, 0.717) is 4.77 Å². The minimum atomic E-state index is 0.260. The van der Waals surface area contributed by atoms with Crippen molar-refractivity contribution in [1.29, 1.82) is 0 Å². The summed E-state index contributed by atoms with van der Waals surface area (Å²) in [5.41, 5.74) is 3.16. The van der Waals surface area contributed by atoms with Gasteiger partial charge in [0.25, 0.3) is 0 Å². The normalized spacial score (nSPS) is 10.6. The molecule has 3 rings (SSSR count). The molecule has 0 atom stereocenters. The van der Waals surface area contributed by atoms with Crippen molar-refractivity contribution in [3.05, 3.63) is 71.1 Å². The average molecular weight is 282 g/mol. The number of aromatic hydroxyl groups is 1. The Morgan fingerprint density at radius 2 is 1.70 bits per heavy atom. The highest BCUT2D eigenvalue weighted by Gasteiger charge is 2.04. The monoisotopic (exact) mass is 282 g/mol. The van der Waals surface area contributed by atoms with Gasteiger partial charge in [0, 0.05) is 12.7 Å². The Kier molecular flexibility index (Phi) is 3.39. The summed E-state index contributed by atoms with van der Waals surface area (Å²) in [6.45, 7) is 0.744. The molecule has 0 spiro atoms. The predicted octanol–water partition coefficient (Wildman–Crippen LogP) is 3.97. The van der Waals surface area contributed by atoms with Gasteiger partial charge >= 0.3 is 0 Å². The van der Waals surface area contributed by atoms with E-state index in [9.17, 15) is 5.11 Å². The van der Waals surface area contributed by atoms with E-state index in [1.165, 1.54) is 5.56 Å². The first-order valence-electron chi connectivity index (χ1n) is 6.35. The number of nitrogens with zero attached hydrogens (tertiary/aromatic N) is 1. The first-order valence-corrected chi connectivity index (χ1v) is 6.76. The highest BCUT2D eigenvalue weighted by atomic mass is 32.1. The number of hydrogen-bond acceptors (Lipinski definition) is 2. The smallest absolute Gasteiger partial charge is 0.177 e. The molecule has 2 N–H and O–H groups in total. The summed E-state index contributed by atoms with van der Waals surface area (Å²) in [7, 11) is 0. The number of aromatic amines is 1. The molecule has 0 unspecified atom stereocenters. The van der Waals surface area contributed by atoms with Crippen LogP contribution in [0, 0.1) is 4.77 Å². The molecule has 0 fully saturated rings. The summed E-state index contributed by atoms with van der Waals surface area (Å²) in [6.07, 6.45) is 2.00. The van der Waals surface area contributed by atoms with Crippen LogP contribution in [0.3, 0.4) is 0 Å². The second kappa shape index (κ2) is 5.35. The van der Waals surface area contributed by atoms with Crippen LogP contribution in [0.15, 0.2) is 60.8 Å². The van der Waals surface area contributed by atoms with Crippen LogP contribution in [-0.2, 0) is 6.54 Å². The molecule has 0 aliphatic carbocycles. The number of aromatic nitrogens is 2. The quantitative estimate of drug-likeness (QED) is 0.714. The van der Waals surface area contributed by atoms with Crippen LogP contribution >= 0.6 is 12.2 Å². The molecule has 1 heterocycles. The number of phenolic OH excluding ortho intramolecular Hbond substituents is 1. The summed E-state index contributed by atoms with van der Waals surface area (Å²) in [5, 5.41) is 9.32. The summed E-state index contributed by atoms with van der Waals surface area (Å²) in [5.74, 6) is 0.260. The average Bonchev–Trinajstić information content (AvgIpc) is 2.82. The Morgan fingerprint density at radius 3 is 2.40 bits per heavy atom. The van der Waals surface area contributed by atoms with Gasteiger partial charge in [-0.3, -0.25) is 0 Å². The van der Waals surface area contributed by atoms with Crippen LogP contribution in [-0.4, -0.2) is 14.7 Å². The molecule has 1 aromatic heterocycles. The van der Waals surface area contributed by atoms with Gasteiger partial charge in [0.05, 0.1) is 5.69 Å². The van der Waals surface area contributed by atoms with Crippen molar-refractivity contribution < 1.29 is 5.11 Å². The molecule has 0 saturated carbocycles. The lowest BCUT2D eigenvalue weighted by Gasteiger charge is -2.01. The highest BCUT2D eigenvalue weighted by molar-refractivity contribution is 7.71. The van der Waals surface area contributed by atoms with Crippen LogP contribution in [0.4, 0.5) is 0 Å². The maximum atomic E-state index is 9.32. The molecule has 3 aromatic rings. The van der Waals surface area contributed by atoms with E-state index in [-0.39, 0.29) is 5.75 Å². The van der Waals surface area contributed by atoms with Crippen molar-refractivity contribution in [3.8, 4) is 17.0 Å². The fourth-order valence-corrected chi connectivity index (χ4v) is 2.35. The number of phenols is 1. The lowest BCUT2D eigenvalue weighted by molar-refractivity contribution is 0.475. The number of benzene rings is 2. The summed E-state index contributed by atoms with van der Waals surface area (Å²) in [4.78, 5) is 3.20. The van der Waals surface area contributed by atoms with Crippen LogP contribution in [0.1, 0.15) is 5.56 Å². The molecule has 0 radical (unpaired) electrons. The van der Waals surface area contributed by atoms with Gasteiger partial charge in [-0.05, 0) is 47.6 Å². The van der Waals surface area contributed by atoms with Crippen LogP contribution in [0.5, 0.6) is 5.75 Å². The van der Waals surface area contributed by atoms with Gasteiger partial charge in [-0.25, -0.2) is 0 Å². The zero-order chi connectivity index (χ0) is 13.9. The van der Waals surface area contributed by atoms with Gasteiger partial charge in [0.15, 0.2) is 4.77 Å². The standard InChI is InChI=1S/C16H14N2OS/c19-14-8-6-13(7-9-14)15-11-18(16(20)17-15)10-12-4-2-1-3-5-12/h1-9,11,19H,10H2,(H,17,20). The fourth-order valence-electron chi connectivity index (χ4n) is 2.12. The number of imidazole rings is 1. The Balaban J connectivity index is 1.91. The highest BCUT2D eigenvalue weighted by Crippen LogP contribution is 2.20. The molecular formula is C16H14N2OS. The molecule has 4 heteroatoms. The van der Waals surface area contributed by atoms with E-state index < -0.39 is 0 Å². The number of rotatable bonds is 3. The minimum absolute atomic E-state index is 0.260. The molecule has 0 saturated heterocycles. The van der Waals surface area contributed by atoms with Crippen molar-refractivity contribution >= 4 is 12.2 Å². The summed E-state index contributed by atoms with van der Waals surface area (Å²) >= 11 is 5.36. The van der Waals surface area contributed by atoms with E-state index in [2.05, 4.69) is 17.1 Å². The van der Waals surface area contributed by atoms with Crippen molar-refractivity contribution in [1.82, 2.24) is 9.55 Å². The van der Waals surface area contributed by atoms with E-state index >= 15 is 0 Å². The zero-order valence-corrected chi connectivity index (χ0v) is 11.6. The SMILES string of the molecule is Oc1ccc(-c2cn(Cc3ccccc3)c(=S)[nH]2)cc1. The minimum Gasteiger partial charge on any atom is -0.508 e. The van der Waals surface area contributed by atoms with E-state index in [1.807, 2.05) is 41.1 Å². The first kappa shape index (κ1) is 12.7. The largest absolute Gasteiger partial charge is 0.508 e. The van der Waals surface area contributed by atoms with Gasteiger partial charge in [0.1, 0.15) is 5.75 Å². The number of H-pyrrole nitrogens is 1. The van der Waals surface area contributed by atoms with Gasteiger partial charge in [0.2, 0.25) is 0 Å². The van der Waals surface area contributed by atoms with Crippen molar-refractivity contribution in [2.24, 2.45) is 0 Å². The topological polar surface area (TPSA) is 41.0 Å². The molecular weight excluding hydrogens is 268 g/mol. The fraction of sp³-hybridized carbons (Fsp3) is 0.0625. The second-order valence-electron chi connectivity index (χ2n) is 4.63. The van der Waals surface area contributed by atoms with Crippen LogP contribution < -0.4 is 0 Å². The molecule has 100 valence electrons. The molecule has 20 heavy (non-hydrogen) atoms. The first-order chi connectivity index (χ1) is 9.72. The van der Waals surface area contributed by atoms with E-state index in [0.717, 1.165) is 17.8 Å². The lowest BCUT2D eigenvalue weighted by Crippen LogP contribution is -1.97. The van der Waals surface area contributed by atoms with E-state index in [1.54, 1.807) is 12.1 Å². The van der Waals surface area contributed by atoms with Gasteiger partial charge in [-0.2, -0.15) is 0 Å². The Morgan fingerprint density at radius 1 is 1.00 bits per heavy atom. The number of hydrogen-bond donors (Lipinski definition) is 2. The third kappa shape index (κ3) is 2.65. The summed E-state index contributed by atoms with van der Waals surface area (Å²) in [6, 6.07) is 17.3. The Bertz CT molecular complexity index is 757. The Labute approximate surface area is 122 Å². The Hall–Kier alpha value is -2.33. The molecule has 0 amide bonds. The van der Waals surface area contributed by atoms with Crippen molar-refractivity contribution in [3.63, 3.8) is 0 Å². The third-order valence-corrected chi connectivity index (χ3v) is 3.50. The maximum absolute atomic E-state index is 9.32. The third-order valence-electron chi connectivity index (χ3n) is 3.16. The van der Waals surface area contributed by atoms with Gasteiger partial charge < -0.3 is 14.7 Å². The molecule has 2 aromatic carbocycles. The van der Waals surface area contributed by atoms with Crippen LogP contribution in [0.25, 0.3) is 11.3 Å². The molecule has 0 aliphatic rings. The summed E-state index contributed by atoms with van der Waals surface area (Å²) < 4.78 is 2.70. The van der Waals surface area contributed by atoms with Crippen LogP contribution in [0.2, 0.25) is 0 Å². The van der Waals surface area contributed by atoms with Gasteiger partial charge in [-0.15, -0.1) is 0 Å². The molecule has 0 bridgehead atoms. The zero-order valence-electron chi connectivity index (χ0n) is 10.8. The van der Waals surface area contributed by atoms with Crippen molar-refractivity contribution in [2.45, 2.75) is 6.54 Å². The van der Waals surface area contributed by atoms with Gasteiger partial charge in [-0.1, -0.05) is 30.3 Å². The maximum Gasteiger partial charge on any atom is 0.177 e.